The monoisotopic (exact) mass is 262 g/mol. The van der Waals surface area contributed by atoms with Gasteiger partial charge in [0, 0.05) is 0 Å². The molecule has 1 aromatic rings. The normalized spacial score (nSPS) is 10.9. The van der Waals surface area contributed by atoms with E-state index in [9.17, 15) is 10.1 Å². The van der Waals surface area contributed by atoms with E-state index in [1.54, 1.807) is 32.0 Å². The summed E-state index contributed by atoms with van der Waals surface area (Å²) >= 11 is 0. The number of ether oxygens (including phenoxy) is 1. The third-order valence-corrected chi connectivity index (χ3v) is 2.35. The average Bonchev–Trinajstić information content (AvgIpc) is 2.27. The van der Waals surface area contributed by atoms with Gasteiger partial charge in [-0.1, -0.05) is 12.0 Å². The number of nitrogens with one attached hydrogen (secondary N) is 1. The van der Waals surface area contributed by atoms with E-state index in [2.05, 4.69) is 11.2 Å². The van der Waals surface area contributed by atoms with E-state index < -0.39 is 10.5 Å². The molecule has 0 amide bonds. The molecule has 0 spiro atoms. The van der Waals surface area contributed by atoms with Gasteiger partial charge in [0.1, 0.15) is 5.69 Å². The molecule has 1 rings (SSSR count). The average molecular weight is 262 g/mol. The Morgan fingerprint density at radius 3 is 2.58 bits per heavy atom. The van der Waals surface area contributed by atoms with Crippen molar-refractivity contribution in [1.29, 1.82) is 0 Å². The summed E-state index contributed by atoms with van der Waals surface area (Å²) in [5.41, 5.74) is -0.424. The van der Waals surface area contributed by atoms with Crippen LogP contribution in [0.25, 0.3) is 0 Å². The second-order valence-corrected chi connectivity index (χ2v) is 4.97. The van der Waals surface area contributed by atoms with Crippen molar-refractivity contribution in [2.24, 2.45) is 0 Å². The van der Waals surface area contributed by atoms with Crippen molar-refractivity contribution in [3.05, 3.63) is 28.3 Å². The Kier molecular flexibility index (Phi) is 4.38. The molecular weight excluding hydrogens is 244 g/mol. The van der Waals surface area contributed by atoms with Gasteiger partial charge in [0.05, 0.1) is 16.6 Å². The second-order valence-electron chi connectivity index (χ2n) is 4.97. The minimum absolute atomic E-state index is 0.0977. The van der Waals surface area contributed by atoms with Crippen LogP contribution < -0.4 is 10.1 Å². The van der Waals surface area contributed by atoms with Gasteiger partial charge in [-0.25, -0.2) is 0 Å². The molecule has 0 bridgehead atoms. The molecule has 5 heteroatoms. The van der Waals surface area contributed by atoms with E-state index in [-0.39, 0.29) is 17.5 Å². The lowest BCUT2D eigenvalue weighted by molar-refractivity contribution is -0.385. The molecule has 0 heterocycles. The minimum Gasteiger partial charge on any atom is -0.484 e. The fourth-order valence-corrected chi connectivity index (χ4v) is 1.53. The number of hydrogen-bond acceptors (Lipinski definition) is 4. The number of terminal acetylenes is 1. The maximum atomic E-state index is 11.2. The highest BCUT2D eigenvalue weighted by atomic mass is 16.6. The van der Waals surface area contributed by atoms with Gasteiger partial charge in [-0.15, -0.1) is 6.42 Å². The van der Waals surface area contributed by atoms with E-state index in [0.717, 1.165) is 0 Å². The fraction of sp³-hybridized carbons (Fsp3) is 0.429. The Morgan fingerprint density at radius 2 is 2.11 bits per heavy atom. The molecule has 1 N–H and O–H groups in total. The summed E-state index contributed by atoms with van der Waals surface area (Å²) in [5, 5.41) is 14.2. The molecule has 0 unspecified atom stereocenters. The van der Waals surface area contributed by atoms with Crippen LogP contribution in [-0.4, -0.2) is 16.6 Å². The van der Waals surface area contributed by atoms with Crippen LogP contribution >= 0.6 is 0 Å². The number of nitro benzene ring substituents is 1. The Morgan fingerprint density at radius 1 is 1.47 bits per heavy atom. The van der Waals surface area contributed by atoms with Crippen molar-refractivity contribution >= 4 is 11.4 Å². The van der Waals surface area contributed by atoms with Crippen molar-refractivity contribution in [3.63, 3.8) is 0 Å². The number of hydrogen-bond donors (Lipinski definition) is 1. The zero-order valence-electron chi connectivity index (χ0n) is 11.6. The first-order valence-corrected chi connectivity index (χ1v) is 5.97. The molecule has 102 valence electrons. The van der Waals surface area contributed by atoms with Crippen molar-refractivity contribution in [2.45, 2.75) is 39.3 Å². The second kappa shape index (κ2) is 5.61. The maximum Gasteiger partial charge on any atom is 0.333 e. The third-order valence-electron chi connectivity index (χ3n) is 2.35. The summed E-state index contributed by atoms with van der Waals surface area (Å²) in [6.07, 6.45) is 5.24. The highest BCUT2D eigenvalue weighted by molar-refractivity contribution is 5.69. The maximum absolute atomic E-state index is 11.2. The molecule has 0 saturated heterocycles. The van der Waals surface area contributed by atoms with Gasteiger partial charge in [-0.05, 0) is 39.8 Å². The van der Waals surface area contributed by atoms with Gasteiger partial charge in [-0.2, -0.15) is 0 Å². The molecule has 5 nitrogen and oxygen atoms in total. The van der Waals surface area contributed by atoms with Gasteiger partial charge in [-0.3, -0.25) is 10.1 Å². The number of nitro groups is 1. The van der Waals surface area contributed by atoms with E-state index in [0.29, 0.717) is 5.69 Å². The standard InChI is InChI=1S/C14H18N2O3/c1-6-14(4,5)15-11-8-7-9-12(19-10(2)3)13(11)16(17)18/h1,7-10,15H,2-5H3. The summed E-state index contributed by atoms with van der Waals surface area (Å²) in [7, 11) is 0. The Bertz CT molecular complexity index is 516. The highest BCUT2D eigenvalue weighted by Crippen LogP contribution is 2.36. The number of rotatable bonds is 5. The van der Waals surface area contributed by atoms with Crippen LogP contribution in [-0.2, 0) is 0 Å². The van der Waals surface area contributed by atoms with Crippen LogP contribution in [0.2, 0.25) is 0 Å². The molecule has 0 aliphatic rings. The van der Waals surface area contributed by atoms with E-state index in [1.165, 1.54) is 0 Å². The van der Waals surface area contributed by atoms with Crippen LogP contribution in [0.1, 0.15) is 27.7 Å². The smallest absolute Gasteiger partial charge is 0.333 e. The molecule has 19 heavy (non-hydrogen) atoms. The van der Waals surface area contributed by atoms with Crippen LogP contribution in [0.4, 0.5) is 11.4 Å². The largest absolute Gasteiger partial charge is 0.484 e. The molecule has 0 atom stereocenters. The van der Waals surface area contributed by atoms with Gasteiger partial charge >= 0.3 is 5.69 Å². The summed E-state index contributed by atoms with van der Waals surface area (Å²) < 4.78 is 5.46. The summed E-state index contributed by atoms with van der Waals surface area (Å²) in [4.78, 5) is 10.8. The lowest BCUT2D eigenvalue weighted by atomic mass is 10.1. The molecule has 0 saturated carbocycles. The summed E-state index contributed by atoms with van der Waals surface area (Å²) in [6.45, 7) is 7.17. The third kappa shape index (κ3) is 3.88. The first kappa shape index (κ1) is 14.8. The molecular formula is C14H18N2O3. The van der Waals surface area contributed by atoms with Crippen molar-refractivity contribution < 1.29 is 9.66 Å². The van der Waals surface area contributed by atoms with Crippen LogP contribution in [0.5, 0.6) is 5.75 Å². The van der Waals surface area contributed by atoms with E-state index in [4.69, 9.17) is 11.2 Å². The van der Waals surface area contributed by atoms with Gasteiger partial charge in [0.2, 0.25) is 0 Å². The molecule has 0 aromatic heterocycles. The topological polar surface area (TPSA) is 64.4 Å². The Hall–Kier alpha value is -2.22. The predicted molar refractivity (Wildman–Crippen MR) is 75.4 cm³/mol. The van der Waals surface area contributed by atoms with Gasteiger partial charge in [0.25, 0.3) is 0 Å². The molecule has 0 aliphatic carbocycles. The lowest BCUT2D eigenvalue weighted by Crippen LogP contribution is -2.28. The zero-order chi connectivity index (χ0) is 14.6. The quantitative estimate of drug-likeness (QED) is 0.502. The molecule has 1 aromatic carbocycles. The number of nitrogens with zero attached hydrogens (tertiary/aromatic N) is 1. The highest BCUT2D eigenvalue weighted by Gasteiger charge is 2.25. The number of benzene rings is 1. The van der Waals surface area contributed by atoms with Crippen molar-refractivity contribution in [3.8, 4) is 18.1 Å². The van der Waals surface area contributed by atoms with Gasteiger partial charge in [0.15, 0.2) is 5.75 Å². The van der Waals surface area contributed by atoms with E-state index >= 15 is 0 Å². The van der Waals surface area contributed by atoms with Crippen LogP contribution in [0.3, 0.4) is 0 Å². The fourth-order valence-electron chi connectivity index (χ4n) is 1.53. The number of para-hydroxylation sites is 1. The minimum atomic E-state index is -0.679. The predicted octanol–water partition coefficient (Wildman–Crippen LogP) is 3.21. The number of anilines is 1. The van der Waals surface area contributed by atoms with Crippen LogP contribution in [0.15, 0.2) is 18.2 Å². The lowest BCUT2D eigenvalue weighted by Gasteiger charge is -2.21. The zero-order valence-corrected chi connectivity index (χ0v) is 11.6. The summed E-state index contributed by atoms with van der Waals surface area (Å²) in [6, 6.07) is 4.89. The van der Waals surface area contributed by atoms with Crippen LogP contribution in [0, 0.1) is 22.5 Å². The Balaban J connectivity index is 3.25. The Labute approximate surface area is 113 Å². The van der Waals surface area contributed by atoms with E-state index in [1.807, 2.05) is 13.8 Å². The first-order chi connectivity index (χ1) is 8.76. The summed E-state index contributed by atoms with van der Waals surface area (Å²) in [5.74, 6) is 2.78. The van der Waals surface area contributed by atoms with Gasteiger partial charge < -0.3 is 10.1 Å². The molecule has 0 fully saturated rings. The molecule has 0 aliphatic heterocycles. The first-order valence-electron chi connectivity index (χ1n) is 5.97. The van der Waals surface area contributed by atoms with Crippen molar-refractivity contribution in [2.75, 3.05) is 5.32 Å². The SMILES string of the molecule is C#CC(C)(C)Nc1cccc(OC(C)C)c1[N+](=O)[O-]. The molecule has 0 radical (unpaired) electrons. The van der Waals surface area contributed by atoms with Crippen molar-refractivity contribution in [1.82, 2.24) is 0 Å².